The third-order valence-electron chi connectivity index (χ3n) is 2.41. The van der Waals surface area contributed by atoms with Gasteiger partial charge in [-0.1, -0.05) is 17.7 Å². The van der Waals surface area contributed by atoms with Crippen molar-refractivity contribution in [3.63, 3.8) is 0 Å². The average Bonchev–Trinajstić information content (AvgIpc) is 2.37. The molecule has 1 amide bonds. The predicted molar refractivity (Wildman–Crippen MR) is 73.4 cm³/mol. The molecular weight excluding hydrogens is 302 g/mol. The molecule has 0 aliphatic rings. The molecule has 1 aromatic carbocycles. The Labute approximate surface area is 125 Å². The van der Waals surface area contributed by atoms with Gasteiger partial charge in [0, 0.05) is 5.02 Å². The second kappa shape index (κ2) is 8.11. The first-order chi connectivity index (χ1) is 9.88. The van der Waals surface area contributed by atoms with Gasteiger partial charge in [0.1, 0.15) is 11.8 Å². The summed E-state index contributed by atoms with van der Waals surface area (Å²) in [5, 5.41) is 19.9. The molecule has 1 rings (SSSR count). The Balaban J connectivity index is 2.39. The van der Waals surface area contributed by atoms with E-state index in [1.54, 1.807) is 24.3 Å². The molecule has 0 saturated heterocycles. The smallest absolute Gasteiger partial charge is 0.326 e. The van der Waals surface area contributed by atoms with E-state index < -0.39 is 30.3 Å². The Morgan fingerprint density at radius 2 is 2.00 bits per heavy atom. The molecule has 1 aromatic rings. The lowest BCUT2D eigenvalue weighted by Gasteiger charge is -2.12. The zero-order valence-corrected chi connectivity index (χ0v) is 11.7. The van der Waals surface area contributed by atoms with Crippen LogP contribution < -0.4 is 10.1 Å². The Kier molecular flexibility index (Phi) is 6.48. The van der Waals surface area contributed by atoms with Crippen LogP contribution in [0.1, 0.15) is 12.8 Å². The minimum Gasteiger partial charge on any atom is -0.493 e. The molecular formula is C13H14ClNO6. The van der Waals surface area contributed by atoms with Crippen molar-refractivity contribution >= 4 is 29.4 Å². The minimum atomic E-state index is -1.46. The molecule has 0 heterocycles. The predicted octanol–water partition coefficient (Wildman–Crippen LogP) is 1.15. The Morgan fingerprint density at radius 3 is 2.57 bits per heavy atom. The van der Waals surface area contributed by atoms with Crippen LogP contribution in [0, 0.1) is 0 Å². The minimum absolute atomic E-state index is 0.0194. The van der Waals surface area contributed by atoms with Crippen LogP contribution in [0.4, 0.5) is 0 Å². The number of nitrogens with one attached hydrogen (secondary N) is 1. The summed E-state index contributed by atoms with van der Waals surface area (Å²) in [5.74, 6) is -2.83. The number of carboxylic acids is 2. The number of carbonyl (C=O) groups excluding carboxylic acids is 1. The SMILES string of the molecule is O=C(O)C[C@H](NC(=O)CCOc1cccc(Cl)c1)C(=O)O. The van der Waals surface area contributed by atoms with E-state index in [1.165, 1.54) is 0 Å². The number of carboxylic acid groups (broad SMARTS) is 2. The van der Waals surface area contributed by atoms with E-state index in [0.717, 1.165) is 0 Å². The van der Waals surface area contributed by atoms with Crippen LogP contribution in [-0.4, -0.2) is 40.7 Å². The van der Waals surface area contributed by atoms with Crippen LogP contribution in [0.5, 0.6) is 5.75 Å². The summed E-state index contributed by atoms with van der Waals surface area (Å²) in [6.07, 6.45) is -0.786. The monoisotopic (exact) mass is 315 g/mol. The number of benzene rings is 1. The third-order valence-corrected chi connectivity index (χ3v) is 2.64. The van der Waals surface area contributed by atoms with Gasteiger partial charge >= 0.3 is 11.9 Å². The lowest BCUT2D eigenvalue weighted by atomic mass is 10.2. The molecule has 0 fully saturated rings. The van der Waals surface area contributed by atoms with Gasteiger partial charge in [-0.15, -0.1) is 0 Å². The van der Waals surface area contributed by atoms with Crippen LogP contribution in [0.2, 0.25) is 5.02 Å². The highest BCUT2D eigenvalue weighted by molar-refractivity contribution is 6.30. The molecule has 114 valence electrons. The standard InChI is InChI=1S/C13H14ClNO6/c14-8-2-1-3-9(6-8)21-5-4-11(16)15-10(13(19)20)7-12(17)18/h1-3,6,10H,4-5,7H2,(H,15,16)(H,17,18)(H,19,20)/t10-/m0/s1. The number of hydrogen-bond acceptors (Lipinski definition) is 4. The summed E-state index contributed by atoms with van der Waals surface area (Å²) in [4.78, 5) is 32.8. The number of carbonyl (C=O) groups is 3. The molecule has 8 heteroatoms. The van der Waals surface area contributed by atoms with Crippen LogP contribution in [-0.2, 0) is 14.4 Å². The fourth-order valence-electron chi connectivity index (χ4n) is 1.46. The third kappa shape index (κ3) is 6.62. The largest absolute Gasteiger partial charge is 0.493 e. The zero-order chi connectivity index (χ0) is 15.8. The van der Waals surface area contributed by atoms with Crippen LogP contribution in [0.15, 0.2) is 24.3 Å². The highest BCUT2D eigenvalue weighted by atomic mass is 35.5. The summed E-state index contributed by atoms with van der Waals surface area (Å²) in [6, 6.07) is 5.13. The van der Waals surface area contributed by atoms with Gasteiger partial charge in [-0.05, 0) is 18.2 Å². The highest BCUT2D eigenvalue weighted by Crippen LogP contribution is 2.17. The molecule has 0 aliphatic heterocycles. The van der Waals surface area contributed by atoms with Crippen LogP contribution in [0.3, 0.4) is 0 Å². The Hall–Kier alpha value is -2.28. The second-order valence-corrected chi connectivity index (χ2v) is 4.55. The molecule has 0 spiro atoms. The lowest BCUT2D eigenvalue weighted by Crippen LogP contribution is -2.42. The summed E-state index contributed by atoms with van der Waals surface area (Å²) < 4.78 is 5.27. The molecule has 3 N–H and O–H groups in total. The maximum atomic E-state index is 11.5. The first kappa shape index (κ1) is 16.8. The number of halogens is 1. The van der Waals surface area contributed by atoms with Crippen molar-refractivity contribution < 1.29 is 29.3 Å². The van der Waals surface area contributed by atoms with Crippen molar-refractivity contribution in [2.24, 2.45) is 0 Å². The number of aliphatic carboxylic acids is 2. The number of amides is 1. The average molecular weight is 316 g/mol. The van der Waals surface area contributed by atoms with E-state index >= 15 is 0 Å². The van der Waals surface area contributed by atoms with Crippen molar-refractivity contribution in [2.45, 2.75) is 18.9 Å². The van der Waals surface area contributed by atoms with E-state index in [0.29, 0.717) is 10.8 Å². The Bertz CT molecular complexity index is 533. The van der Waals surface area contributed by atoms with Crippen molar-refractivity contribution in [1.82, 2.24) is 5.32 Å². The molecule has 21 heavy (non-hydrogen) atoms. The molecule has 1 atom stereocenters. The van der Waals surface area contributed by atoms with Crippen molar-refractivity contribution in [3.05, 3.63) is 29.3 Å². The van der Waals surface area contributed by atoms with Crippen LogP contribution >= 0.6 is 11.6 Å². The van der Waals surface area contributed by atoms with Crippen molar-refractivity contribution in [2.75, 3.05) is 6.61 Å². The van der Waals surface area contributed by atoms with E-state index in [2.05, 4.69) is 5.32 Å². The highest BCUT2D eigenvalue weighted by Gasteiger charge is 2.22. The van der Waals surface area contributed by atoms with Gasteiger partial charge < -0.3 is 20.3 Å². The number of ether oxygens (including phenoxy) is 1. The van der Waals surface area contributed by atoms with Crippen LogP contribution in [0.25, 0.3) is 0 Å². The molecule has 0 radical (unpaired) electrons. The van der Waals surface area contributed by atoms with Gasteiger partial charge in [0.05, 0.1) is 19.4 Å². The molecule has 0 bridgehead atoms. The number of hydrogen-bond donors (Lipinski definition) is 3. The van der Waals surface area contributed by atoms with E-state index in [4.69, 9.17) is 26.6 Å². The van der Waals surface area contributed by atoms with E-state index in [1.807, 2.05) is 0 Å². The number of rotatable bonds is 8. The lowest BCUT2D eigenvalue weighted by molar-refractivity contribution is -0.147. The Morgan fingerprint density at radius 1 is 1.29 bits per heavy atom. The van der Waals surface area contributed by atoms with Crippen molar-refractivity contribution in [1.29, 1.82) is 0 Å². The van der Waals surface area contributed by atoms with Gasteiger partial charge in [0.2, 0.25) is 5.91 Å². The molecule has 7 nitrogen and oxygen atoms in total. The fourth-order valence-corrected chi connectivity index (χ4v) is 1.64. The molecule has 0 aliphatic carbocycles. The van der Waals surface area contributed by atoms with Gasteiger partial charge in [-0.25, -0.2) is 4.79 Å². The van der Waals surface area contributed by atoms with Gasteiger partial charge in [0.25, 0.3) is 0 Å². The summed E-state index contributed by atoms with van der Waals surface area (Å²) >= 11 is 5.76. The molecule has 0 saturated carbocycles. The summed E-state index contributed by atoms with van der Waals surface area (Å²) in [7, 11) is 0. The fraction of sp³-hybridized carbons (Fsp3) is 0.308. The van der Waals surface area contributed by atoms with E-state index in [-0.39, 0.29) is 13.0 Å². The maximum absolute atomic E-state index is 11.5. The normalized spacial score (nSPS) is 11.5. The van der Waals surface area contributed by atoms with Gasteiger partial charge in [-0.2, -0.15) is 0 Å². The van der Waals surface area contributed by atoms with Gasteiger partial charge in [0.15, 0.2) is 0 Å². The van der Waals surface area contributed by atoms with Crippen molar-refractivity contribution in [3.8, 4) is 5.75 Å². The van der Waals surface area contributed by atoms with E-state index in [9.17, 15) is 14.4 Å². The summed E-state index contributed by atoms with van der Waals surface area (Å²) in [5.41, 5.74) is 0. The topological polar surface area (TPSA) is 113 Å². The first-order valence-electron chi connectivity index (χ1n) is 6.01. The summed E-state index contributed by atoms with van der Waals surface area (Å²) in [6.45, 7) is 0.0194. The zero-order valence-electron chi connectivity index (χ0n) is 10.9. The van der Waals surface area contributed by atoms with Gasteiger partial charge in [-0.3, -0.25) is 9.59 Å². The first-order valence-corrected chi connectivity index (χ1v) is 6.38. The second-order valence-electron chi connectivity index (χ2n) is 4.11. The molecule has 0 unspecified atom stereocenters. The molecule has 0 aromatic heterocycles. The quantitative estimate of drug-likeness (QED) is 0.663. The maximum Gasteiger partial charge on any atom is 0.326 e.